The summed E-state index contributed by atoms with van der Waals surface area (Å²) in [5.41, 5.74) is -1.12. The molecule has 0 aromatic heterocycles. The molecule has 2 aromatic rings. The molecule has 6 nitrogen and oxygen atoms in total. The predicted octanol–water partition coefficient (Wildman–Crippen LogP) is 4.99. The Hall–Kier alpha value is -3.36. The molecule has 0 fully saturated rings. The maximum atomic E-state index is 12.5. The summed E-state index contributed by atoms with van der Waals surface area (Å²) in [6, 6.07) is 10.0. The van der Waals surface area contributed by atoms with Crippen LogP contribution in [0.15, 0.2) is 65.2 Å². The zero-order valence-electron chi connectivity index (χ0n) is 13.4. The molecule has 1 amide bonds. The van der Waals surface area contributed by atoms with Crippen LogP contribution in [0.5, 0.6) is 11.5 Å². The number of allylic oxidation sites excluding steroid dienone is 1. The first kappa shape index (κ1) is 19.0. The second-order valence-electron chi connectivity index (χ2n) is 5.13. The lowest BCUT2D eigenvalue weighted by Gasteiger charge is -2.10. The number of carbonyl (C=O) groups excluding carboxylic acids is 1. The number of nitrogens with zero attached hydrogens (tertiary/aromatic N) is 1. The maximum Gasteiger partial charge on any atom is 0.416 e. The first-order chi connectivity index (χ1) is 12.2. The number of alkyl halides is 3. The fourth-order valence-electron chi connectivity index (χ4n) is 1.92. The fourth-order valence-corrected chi connectivity index (χ4v) is 1.92. The van der Waals surface area contributed by atoms with Gasteiger partial charge in [-0.3, -0.25) is 4.79 Å². The molecule has 0 aliphatic heterocycles. The van der Waals surface area contributed by atoms with Gasteiger partial charge in [0.1, 0.15) is 17.3 Å². The number of carbonyl (C=O) groups is 1. The summed E-state index contributed by atoms with van der Waals surface area (Å²) < 4.78 is 42.9. The minimum Gasteiger partial charge on any atom is -0.510 e. The number of halogens is 3. The van der Waals surface area contributed by atoms with Gasteiger partial charge in [0, 0.05) is 5.69 Å². The van der Waals surface area contributed by atoms with Crippen molar-refractivity contribution >= 4 is 11.6 Å². The van der Waals surface area contributed by atoms with Crippen LogP contribution >= 0.6 is 0 Å². The fraction of sp³-hybridized carbons (Fsp3) is 0.118. The number of hydrogen-bond donors (Lipinski definition) is 2. The molecule has 0 bridgehead atoms. The van der Waals surface area contributed by atoms with Crippen molar-refractivity contribution in [3.63, 3.8) is 0 Å². The van der Waals surface area contributed by atoms with Crippen LogP contribution in [-0.2, 0) is 11.0 Å². The quantitative estimate of drug-likeness (QED) is 0.443. The molecular weight excluding hydrogens is 353 g/mol. The molecular formula is C17H13F3N2O4. The van der Waals surface area contributed by atoms with Gasteiger partial charge in [-0.2, -0.15) is 13.2 Å². The second kappa shape index (κ2) is 7.68. The van der Waals surface area contributed by atoms with E-state index in [2.05, 4.69) is 10.5 Å². The smallest absolute Gasteiger partial charge is 0.416 e. The molecule has 0 radical (unpaired) electrons. The van der Waals surface area contributed by atoms with Crippen LogP contribution in [0.25, 0.3) is 0 Å². The zero-order valence-corrected chi connectivity index (χ0v) is 13.4. The molecule has 0 unspecified atom stereocenters. The Bertz CT molecular complexity index is 825. The van der Waals surface area contributed by atoms with Crippen LogP contribution in [-0.4, -0.2) is 11.0 Å². The molecule has 0 heterocycles. The van der Waals surface area contributed by atoms with Crippen molar-refractivity contribution in [2.45, 2.75) is 13.1 Å². The lowest BCUT2D eigenvalue weighted by Crippen LogP contribution is -2.14. The van der Waals surface area contributed by atoms with Crippen LogP contribution < -0.4 is 10.1 Å². The van der Waals surface area contributed by atoms with E-state index in [-0.39, 0.29) is 5.75 Å². The Morgan fingerprint density at radius 3 is 1.96 bits per heavy atom. The lowest BCUT2D eigenvalue weighted by atomic mass is 10.2. The number of aliphatic hydroxyl groups is 1. The minimum absolute atomic E-state index is 0.209. The molecule has 0 aliphatic carbocycles. The van der Waals surface area contributed by atoms with E-state index in [1.165, 1.54) is 36.4 Å². The van der Waals surface area contributed by atoms with E-state index in [1.54, 1.807) is 0 Å². The molecule has 0 spiro atoms. The number of rotatable bonds is 5. The van der Waals surface area contributed by atoms with Crippen molar-refractivity contribution in [3.8, 4) is 11.5 Å². The van der Waals surface area contributed by atoms with Crippen LogP contribution in [0.4, 0.5) is 18.9 Å². The molecule has 2 aromatic carbocycles. The van der Waals surface area contributed by atoms with Crippen molar-refractivity contribution < 1.29 is 27.8 Å². The molecule has 0 saturated carbocycles. The number of hydrogen-bond acceptors (Lipinski definition) is 5. The van der Waals surface area contributed by atoms with Gasteiger partial charge in [-0.1, -0.05) is 0 Å². The summed E-state index contributed by atoms with van der Waals surface area (Å²) in [5, 5.41) is 14.0. The van der Waals surface area contributed by atoms with Gasteiger partial charge in [-0.25, -0.2) is 0 Å². The highest BCUT2D eigenvalue weighted by Gasteiger charge is 2.30. The Morgan fingerprint density at radius 2 is 1.54 bits per heavy atom. The van der Waals surface area contributed by atoms with Crippen LogP contribution in [0, 0.1) is 4.91 Å². The van der Waals surface area contributed by atoms with E-state index < -0.39 is 29.1 Å². The van der Waals surface area contributed by atoms with Gasteiger partial charge in [0.05, 0.1) is 5.56 Å². The average molecular weight is 366 g/mol. The van der Waals surface area contributed by atoms with Gasteiger partial charge in [-0.15, -0.1) is 4.91 Å². The summed E-state index contributed by atoms with van der Waals surface area (Å²) in [6.07, 6.45) is -4.42. The molecule has 0 aliphatic rings. The summed E-state index contributed by atoms with van der Waals surface area (Å²) in [4.78, 5) is 22.2. The number of nitroso groups, excluding NO2 is 1. The zero-order chi connectivity index (χ0) is 19.3. The van der Waals surface area contributed by atoms with E-state index in [1.807, 2.05) is 0 Å². The van der Waals surface area contributed by atoms with Crippen molar-refractivity contribution in [2.24, 2.45) is 5.18 Å². The highest BCUT2D eigenvalue weighted by molar-refractivity contribution is 6.03. The van der Waals surface area contributed by atoms with Crippen LogP contribution in [0.1, 0.15) is 12.5 Å². The summed E-state index contributed by atoms with van der Waals surface area (Å²) in [5.74, 6) is -0.859. The monoisotopic (exact) mass is 366 g/mol. The third kappa shape index (κ3) is 4.82. The van der Waals surface area contributed by atoms with Crippen molar-refractivity contribution in [1.82, 2.24) is 0 Å². The predicted molar refractivity (Wildman–Crippen MR) is 87.7 cm³/mol. The Balaban J connectivity index is 2.05. The van der Waals surface area contributed by atoms with E-state index in [9.17, 15) is 28.0 Å². The maximum absolute atomic E-state index is 12.5. The number of ether oxygens (including phenoxy) is 1. The molecule has 2 rings (SSSR count). The third-order valence-corrected chi connectivity index (χ3v) is 3.18. The average Bonchev–Trinajstić information content (AvgIpc) is 2.56. The topological polar surface area (TPSA) is 88.0 Å². The number of aliphatic hydroxyl groups excluding tert-OH is 1. The van der Waals surface area contributed by atoms with Gasteiger partial charge >= 0.3 is 6.18 Å². The van der Waals surface area contributed by atoms with E-state index >= 15 is 0 Å². The van der Waals surface area contributed by atoms with Crippen molar-refractivity contribution in [1.29, 1.82) is 0 Å². The molecule has 0 saturated heterocycles. The summed E-state index contributed by atoms with van der Waals surface area (Å²) >= 11 is 0. The minimum atomic E-state index is -4.42. The van der Waals surface area contributed by atoms with Crippen LogP contribution in [0.2, 0.25) is 0 Å². The normalized spacial score (nSPS) is 12.2. The van der Waals surface area contributed by atoms with Crippen LogP contribution in [0.3, 0.4) is 0 Å². The number of nitrogens with one attached hydrogen (secondary N) is 1. The molecule has 26 heavy (non-hydrogen) atoms. The largest absolute Gasteiger partial charge is 0.510 e. The van der Waals surface area contributed by atoms with Gasteiger partial charge < -0.3 is 15.2 Å². The van der Waals surface area contributed by atoms with E-state index in [0.29, 0.717) is 11.4 Å². The number of benzene rings is 2. The molecule has 0 atom stereocenters. The molecule has 9 heteroatoms. The Morgan fingerprint density at radius 1 is 1.04 bits per heavy atom. The first-order valence-electron chi connectivity index (χ1n) is 7.20. The summed E-state index contributed by atoms with van der Waals surface area (Å²) in [6.45, 7) is 1.15. The lowest BCUT2D eigenvalue weighted by molar-refractivity contribution is -0.137. The van der Waals surface area contributed by atoms with Crippen molar-refractivity contribution in [2.75, 3.05) is 5.32 Å². The highest BCUT2D eigenvalue weighted by Crippen LogP contribution is 2.31. The SMILES string of the molecule is CC(O)=C(N=O)C(=O)Nc1ccc(Oc2ccc(C(F)(F)F)cc2)cc1. The van der Waals surface area contributed by atoms with Gasteiger partial charge in [-0.05, 0) is 60.6 Å². The van der Waals surface area contributed by atoms with Crippen molar-refractivity contribution in [3.05, 3.63) is 70.5 Å². The Labute approximate surface area is 145 Å². The third-order valence-electron chi connectivity index (χ3n) is 3.18. The molecule has 136 valence electrons. The number of anilines is 1. The Kier molecular flexibility index (Phi) is 5.61. The van der Waals surface area contributed by atoms with E-state index in [0.717, 1.165) is 19.1 Å². The first-order valence-corrected chi connectivity index (χ1v) is 7.20. The molecule has 2 N–H and O–H groups in total. The number of amides is 1. The van der Waals surface area contributed by atoms with Gasteiger partial charge in [0.25, 0.3) is 5.91 Å². The summed E-state index contributed by atoms with van der Waals surface area (Å²) in [7, 11) is 0. The van der Waals surface area contributed by atoms with Gasteiger partial charge in [0.15, 0.2) is 0 Å². The standard InChI is InChI=1S/C17H13F3N2O4/c1-10(23)15(22-25)16(24)21-12-4-8-14(9-5-12)26-13-6-2-11(3-7-13)17(18,19)20/h2-9,23H,1H3,(H,21,24). The van der Waals surface area contributed by atoms with E-state index in [4.69, 9.17) is 4.74 Å². The highest BCUT2D eigenvalue weighted by atomic mass is 19.4. The second-order valence-corrected chi connectivity index (χ2v) is 5.13. The van der Waals surface area contributed by atoms with Gasteiger partial charge in [0.2, 0.25) is 5.70 Å².